The predicted molar refractivity (Wildman–Crippen MR) is 125 cm³/mol. The molecule has 5 rings (SSSR count). The summed E-state index contributed by atoms with van der Waals surface area (Å²) in [5, 5.41) is 24.4. The van der Waals surface area contributed by atoms with Gasteiger partial charge >= 0.3 is 0 Å². The van der Waals surface area contributed by atoms with E-state index in [1.807, 2.05) is 19.1 Å². The fourth-order valence-corrected chi connectivity index (χ4v) is 5.38. The summed E-state index contributed by atoms with van der Waals surface area (Å²) in [6.45, 7) is 3.58. The lowest BCUT2D eigenvalue weighted by Crippen LogP contribution is -2.50. The molecular weight excluding hydrogens is 434 g/mol. The minimum absolute atomic E-state index is 0.0268. The smallest absolute Gasteiger partial charge is 0.269 e. The third-order valence-electron chi connectivity index (χ3n) is 6.81. The molecule has 9 nitrogen and oxygen atoms in total. The normalized spacial score (nSPS) is 21.4. The Morgan fingerprint density at radius 3 is 2.62 bits per heavy atom. The monoisotopic (exact) mass is 455 g/mol. The standard InChI is InChI=1S/C25H21N5O4/c1-13-6-8-18-16(10-13)25(24(32)28-18)17(12-26)23(27)29(20-4-3-5-21(31)22(20)25)19-9-7-15(30(33)34)11-14(19)2/h6-11H,3-5,27H2,1-2H3,(H,28,32). The van der Waals surface area contributed by atoms with Crippen LogP contribution in [0.1, 0.15) is 36.0 Å². The molecule has 3 aliphatic rings. The van der Waals surface area contributed by atoms with E-state index in [4.69, 9.17) is 5.73 Å². The summed E-state index contributed by atoms with van der Waals surface area (Å²) in [5.74, 6) is -0.650. The number of nitrogens with one attached hydrogen (secondary N) is 1. The van der Waals surface area contributed by atoms with E-state index in [0.717, 1.165) is 5.56 Å². The van der Waals surface area contributed by atoms with Gasteiger partial charge in [-0.15, -0.1) is 0 Å². The first-order chi connectivity index (χ1) is 16.2. The second-order valence-corrected chi connectivity index (χ2v) is 8.79. The summed E-state index contributed by atoms with van der Waals surface area (Å²) in [7, 11) is 0. The maximum atomic E-state index is 13.6. The molecule has 2 aliphatic heterocycles. The molecule has 1 unspecified atom stereocenters. The van der Waals surface area contributed by atoms with Crippen LogP contribution in [0.5, 0.6) is 0 Å². The number of nitriles is 1. The van der Waals surface area contributed by atoms with Gasteiger partial charge in [0.2, 0.25) is 5.91 Å². The molecule has 170 valence electrons. The van der Waals surface area contributed by atoms with Crippen molar-refractivity contribution >= 4 is 28.8 Å². The summed E-state index contributed by atoms with van der Waals surface area (Å²) in [5.41, 5.74) is 8.74. The zero-order chi connectivity index (χ0) is 24.4. The minimum atomic E-state index is -1.63. The molecule has 0 saturated carbocycles. The molecule has 1 amide bonds. The number of hydrogen-bond donors (Lipinski definition) is 2. The van der Waals surface area contributed by atoms with E-state index in [1.165, 1.54) is 12.1 Å². The third-order valence-corrected chi connectivity index (χ3v) is 6.81. The van der Waals surface area contributed by atoms with Crippen molar-refractivity contribution in [3.63, 3.8) is 0 Å². The Morgan fingerprint density at radius 2 is 1.94 bits per heavy atom. The topological polar surface area (TPSA) is 142 Å². The number of rotatable bonds is 2. The van der Waals surface area contributed by atoms with Gasteiger partial charge in [0.15, 0.2) is 5.78 Å². The molecule has 34 heavy (non-hydrogen) atoms. The highest BCUT2D eigenvalue weighted by Crippen LogP contribution is 2.55. The number of nitro groups is 1. The van der Waals surface area contributed by atoms with E-state index in [-0.39, 0.29) is 34.9 Å². The molecule has 0 radical (unpaired) electrons. The molecule has 0 bridgehead atoms. The van der Waals surface area contributed by atoms with Crippen molar-refractivity contribution in [2.24, 2.45) is 5.73 Å². The summed E-state index contributed by atoms with van der Waals surface area (Å²) in [4.78, 5) is 39.5. The highest BCUT2D eigenvalue weighted by molar-refractivity contribution is 6.19. The highest BCUT2D eigenvalue weighted by Gasteiger charge is 2.60. The first kappa shape index (κ1) is 21.4. The lowest BCUT2D eigenvalue weighted by Gasteiger charge is -2.43. The molecule has 0 fully saturated rings. The summed E-state index contributed by atoms with van der Waals surface area (Å²) >= 11 is 0. The van der Waals surface area contributed by atoms with E-state index < -0.39 is 16.2 Å². The van der Waals surface area contributed by atoms with E-state index in [9.17, 15) is 25.0 Å². The number of hydrogen-bond acceptors (Lipinski definition) is 7. The zero-order valence-electron chi connectivity index (χ0n) is 18.6. The number of allylic oxidation sites excluding steroid dienone is 1. The average molecular weight is 455 g/mol. The van der Waals surface area contributed by atoms with Crippen molar-refractivity contribution < 1.29 is 14.5 Å². The van der Waals surface area contributed by atoms with Gasteiger partial charge in [-0.05, 0) is 44.4 Å². The number of carbonyl (C=O) groups excluding carboxylic acids is 2. The van der Waals surface area contributed by atoms with Gasteiger partial charge in [0.25, 0.3) is 5.69 Å². The molecule has 0 saturated heterocycles. The molecule has 1 spiro atoms. The van der Waals surface area contributed by atoms with Crippen molar-refractivity contribution in [2.45, 2.75) is 38.5 Å². The van der Waals surface area contributed by atoms with E-state index in [0.29, 0.717) is 41.0 Å². The highest BCUT2D eigenvalue weighted by atomic mass is 16.6. The lowest BCUT2D eigenvalue weighted by molar-refractivity contribution is -0.384. The van der Waals surface area contributed by atoms with E-state index in [1.54, 1.807) is 24.0 Å². The van der Waals surface area contributed by atoms with Gasteiger partial charge in [-0.2, -0.15) is 5.26 Å². The van der Waals surface area contributed by atoms with Crippen LogP contribution in [-0.4, -0.2) is 16.6 Å². The van der Waals surface area contributed by atoms with Crippen molar-refractivity contribution in [1.29, 1.82) is 5.26 Å². The van der Waals surface area contributed by atoms with Gasteiger partial charge in [0, 0.05) is 41.1 Å². The van der Waals surface area contributed by atoms with Crippen LogP contribution >= 0.6 is 0 Å². The maximum Gasteiger partial charge on any atom is 0.269 e. The van der Waals surface area contributed by atoms with Crippen molar-refractivity contribution in [3.05, 3.63) is 85.9 Å². The Kier molecular flexibility index (Phi) is 4.58. The second kappa shape index (κ2) is 7.28. The summed E-state index contributed by atoms with van der Waals surface area (Å²) < 4.78 is 0. The quantitative estimate of drug-likeness (QED) is 0.520. The SMILES string of the molecule is Cc1ccc2c(c1)C1(C(=O)N2)C(C#N)=C(N)N(c2ccc([N+](=O)[O-])cc2C)C2=C1C(=O)CCC2. The van der Waals surface area contributed by atoms with E-state index >= 15 is 0 Å². The Balaban J connectivity index is 1.86. The van der Waals surface area contributed by atoms with Crippen molar-refractivity contribution in [1.82, 2.24) is 0 Å². The van der Waals surface area contributed by atoms with Crippen LogP contribution in [0.15, 0.2) is 59.1 Å². The number of anilines is 2. The molecule has 1 aliphatic carbocycles. The van der Waals surface area contributed by atoms with Crippen LogP contribution in [0.25, 0.3) is 0 Å². The number of nitrogens with zero attached hydrogens (tertiary/aromatic N) is 3. The molecule has 2 heterocycles. The molecule has 1 atom stereocenters. The molecular formula is C25H21N5O4. The van der Waals surface area contributed by atoms with Gasteiger partial charge in [-0.1, -0.05) is 17.7 Å². The zero-order valence-corrected chi connectivity index (χ0v) is 18.6. The Hall–Kier alpha value is -4.45. The number of nitrogens with two attached hydrogens (primary N) is 1. The number of nitro benzene ring substituents is 1. The first-order valence-corrected chi connectivity index (χ1v) is 10.9. The van der Waals surface area contributed by atoms with Crippen LogP contribution in [0, 0.1) is 35.3 Å². The third kappa shape index (κ3) is 2.65. The first-order valence-electron chi connectivity index (χ1n) is 10.9. The summed E-state index contributed by atoms with van der Waals surface area (Å²) in [6, 6.07) is 11.9. The molecule has 9 heteroatoms. The number of Topliss-reactive ketones (excluding diaryl/α,β-unsaturated/α-hetero) is 1. The largest absolute Gasteiger partial charge is 0.384 e. The van der Waals surface area contributed by atoms with Crippen LogP contribution in [0.3, 0.4) is 0 Å². The van der Waals surface area contributed by atoms with Gasteiger partial charge in [0.1, 0.15) is 17.3 Å². The fraction of sp³-hybridized carbons (Fsp3) is 0.240. The Bertz CT molecular complexity index is 1430. The van der Waals surface area contributed by atoms with Crippen LogP contribution in [-0.2, 0) is 15.0 Å². The molecule has 2 aromatic carbocycles. The van der Waals surface area contributed by atoms with Gasteiger partial charge in [-0.3, -0.25) is 24.6 Å². The maximum absolute atomic E-state index is 13.6. The number of carbonyl (C=O) groups is 2. The fourth-order valence-electron chi connectivity index (χ4n) is 5.38. The number of amides is 1. The van der Waals surface area contributed by atoms with Crippen molar-refractivity contribution in [2.75, 3.05) is 10.2 Å². The Labute approximate surface area is 195 Å². The molecule has 2 aromatic rings. The predicted octanol–water partition coefficient (Wildman–Crippen LogP) is 3.62. The number of benzene rings is 2. The second-order valence-electron chi connectivity index (χ2n) is 8.79. The number of aryl methyl sites for hydroxylation is 2. The summed E-state index contributed by atoms with van der Waals surface area (Å²) in [6.07, 6.45) is 1.28. The van der Waals surface area contributed by atoms with Crippen LogP contribution < -0.4 is 16.0 Å². The van der Waals surface area contributed by atoms with Gasteiger partial charge < -0.3 is 11.1 Å². The Morgan fingerprint density at radius 1 is 1.18 bits per heavy atom. The van der Waals surface area contributed by atoms with Crippen molar-refractivity contribution in [3.8, 4) is 6.07 Å². The molecule has 0 aromatic heterocycles. The number of fused-ring (bicyclic) bond motifs is 3. The van der Waals surface area contributed by atoms with Gasteiger partial charge in [-0.25, -0.2) is 0 Å². The number of non-ortho nitro benzene ring substituents is 1. The number of ketones is 1. The average Bonchev–Trinajstić information content (AvgIpc) is 3.06. The molecule has 3 N–H and O–H groups in total. The van der Waals surface area contributed by atoms with E-state index in [2.05, 4.69) is 11.4 Å². The van der Waals surface area contributed by atoms with Crippen LogP contribution in [0.4, 0.5) is 17.1 Å². The van der Waals surface area contributed by atoms with Crippen LogP contribution in [0.2, 0.25) is 0 Å². The van der Waals surface area contributed by atoms with Gasteiger partial charge in [0.05, 0.1) is 16.2 Å². The lowest BCUT2D eigenvalue weighted by atomic mass is 9.63. The minimum Gasteiger partial charge on any atom is -0.384 e.